The summed E-state index contributed by atoms with van der Waals surface area (Å²) in [6.45, 7) is 7.90. The minimum absolute atomic E-state index is 0.176. The third kappa shape index (κ3) is 7.88. The first-order valence-electron chi connectivity index (χ1n) is 10.8. The number of nitrogens with zero attached hydrogens (tertiary/aromatic N) is 4. The summed E-state index contributed by atoms with van der Waals surface area (Å²) in [5, 5.41) is 17.2. The summed E-state index contributed by atoms with van der Waals surface area (Å²) in [4.78, 5) is 11.7. The van der Waals surface area contributed by atoms with Crippen LogP contribution in [-0.2, 0) is 9.53 Å². The number of rotatable bonds is 9. The molecule has 176 valence electrons. The molecule has 0 heterocycles. The smallest absolute Gasteiger partial charge is 0.322 e. The molecule has 8 heteroatoms. The summed E-state index contributed by atoms with van der Waals surface area (Å²) in [7, 11) is 0. The van der Waals surface area contributed by atoms with Crippen LogP contribution in [0.1, 0.15) is 25.0 Å². The molecule has 0 amide bonds. The average Bonchev–Trinajstić information content (AvgIpc) is 2.81. The van der Waals surface area contributed by atoms with Crippen molar-refractivity contribution in [1.82, 2.24) is 0 Å². The van der Waals surface area contributed by atoms with Gasteiger partial charge in [0.1, 0.15) is 23.3 Å². The van der Waals surface area contributed by atoms with Gasteiger partial charge in [0, 0.05) is 0 Å². The molecule has 34 heavy (non-hydrogen) atoms. The topological polar surface area (TPSA) is 85.0 Å². The number of alkyl halides is 1. The Morgan fingerprint density at radius 1 is 0.794 bits per heavy atom. The molecule has 0 saturated carbocycles. The predicted octanol–water partition coefficient (Wildman–Crippen LogP) is 8.23. The lowest BCUT2D eigenvalue weighted by Crippen LogP contribution is -2.28. The quantitative estimate of drug-likeness (QED) is 0.123. The molecule has 0 saturated heterocycles. The molecule has 0 aliphatic heterocycles. The number of benzene rings is 3. The molecule has 0 unspecified atom stereocenters. The largest absolute Gasteiger partial charge is 0.490 e. The first kappa shape index (κ1) is 25.2. The van der Waals surface area contributed by atoms with Gasteiger partial charge in [0.05, 0.1) is 22.7 Å². The van der Waals surface area contributed by atoms with Gasteiger partial charge in [0.2, 0.25) is 0 Å². The first-order chi connectivity index (χ1) is 16.2. The highest BCUT2D eigenvalue weighted by Gasteiger charge is 2.25. The standard InChI is InChI=1S/C26H27BrN4O3/c1-18-5-7-20(8-6-18)28-30-22-11-14-24(19(2)17-22)31-29-21-9-12-23(13-10-21)33-15-16-34-25(32)26(3,4)27/h5-14,17H,15-16H2,1-4H3. The van der Waals surface area contributed by atoms with Crippen LogP contribution in [-0.4, -0.2) is 23.5 Å². The number of ether oxygens (including phenoxy) is 2. The molecule has 3 aromatic rings. The normalized spacial score (nSPS) is 11.8. The molecule has 0 aliphatic rings. The van der Waals surface area contributed by atoms with E-state index in [1.807, 2.05) is 68.4 Å². The maximum absolute atomic E-state index is 11.7. The van der Waals surface area contributed by atoms with Gasteiger partial charge in [-0.15, -0.1) is 0 Å². The highest BCUT2D eigenvalue weighted by atomic mass is 79.9. The fraction of sp³-hybridized carbons (Fsp3) is 0.269. The van der Waals surface area contributed by atoms with Crippen LogP contribution >= 0.6 is 15.9 Å². The van der Waals surface area contributed by atoms with E-state index < -0.39 is 4.32 Å². The van der Waals surface area contributed by atoms with Gasteiger partial charge in [0.15, 0.2) is 0 Å². The van der Waals surface area contributed by atoms with E-state index in [0.717, 1.165) is 22.6 Å². The van der Waals surface area contributed by atoms with Crippen LogP contribution in [0.15, 0.2) is 87.2 Å². The van der Waals surface area contributed by atoms with Gasteiger partial charge in [-0.25, -0.2) is 0 Å². The highest BCUT2D eigenvalue weighted by molar-refractivity contribution is 9.10. The summed E-state index contributed by atoms with van der Waals surface area (Å²) in [6, 6.07) is 20.8. The fourth-order valence-corrected chi connectivity index (χ4v) is 2.84. The Hall–Kier alpha value is -3.39. The molecule has 0 fully saturated rings. The SMILES string of the molecule is Cc1ccc(N=Nc2ccc(N=Nc3ccc(OCCOC(=O)C(C)(C)Br)cc3)c(C)c2)cc1. The molecular formula is C26H27BrN4O3. The van der Waals surface area contributed by atoms with Crippen LogP contribution in [0.3, 0.4) is 0 Å². The van der Waals surface area contributed by atoms with Gasteiger partial charge in [-0.3, -0.25) is 4.79 Å². The van der Waals surface area contributed by atoms with Crippen molar-refractivity contribution in [3.8, 4) is 5.75 Å². The van der Waals surface area contributed by atoms with Crippen LogP contribution < -0.4 is 4.74 Å². The summed E-state index contributed by atoms with van der Waals surface area (Å²) in [6.07, 6.45) is 0. The molecule has 0 aliphatic carbocycles. The third-order valence-electron chi connectivity index (χ3n) is 4.68. The summed E-state index contributed by atoms with van der Waals surface area (Å²) < 4.78 is 10.0. The van der Waals surface area contributed by atoms with Gasteiger partial charge in [-0.1, -0.05) is 33.6 Å². The fourth-order valence-electron chi connectivity index (χ4n) is 2.73. The van der Waals surface area contributed by atoms with E-state index >= 15 is 0 Å². The van der Waals surface area contributed by atoms with Crippen LogP contribution in [0.2, 0.25) is 0 Å². The molecule has 0 aromatic heterocycles. The number of carbonyl (C=O) groups is 1. The molecule has 0 atom stereocenters. The Morgan fingerprint density at radius 2 is 1.35 bits per heavy atom. The van der Waals surface area contributed by atoms with Crippen molar-refractivity contribution in [2.24, 2.45) is 20.5 Å². The zero-order valence-electron chi connectivity index (χ0n) is 19.7. The van der Waals surface area contributed by atoms with Gasteiger partial charge < -0.3 is 9.47 Å². The summed E-state index contributed by atoms with van der Waals surface area (Å²) in [5.41, 5.74) is 5.15. The molecule has 0 N–H and O–H groups in total. The molecule has 7 nitrogen and oxygen atoms in total. The van der Waals surface area contributed by atoms with Crippen LogP contribution in [0.4, 0.5) is 22.7 Å². The average molecular weight is 523 g/mol. The van der Waals surface area contributed by atoms with Crippen molar-refractivity contribution in [3.05, 3.63) is 77.9 Å². The van der Waals surface area contributed by atoms with Crippen LogP contribution in [0, 0.1) is 13.8 Å². The van der Waals surface area contributed by atoms with E-state index in [0.29, 0.717) is 11.4 Å². The first-order valence-corrected chi connectivity index (χ1v) is 11.6. The van der Waals surface area contributed by atoms with Crippen molar-refractivity contribution in [3.63, 3.8) is 0 Å². The monoisotopic (exact) mass is 522 g/mol. The van der Waals surface area contributed by atoms with Crippen molar-refractivity contribution in [1.29, 1.82) is 0 Å². The number of hydrogen-bond donors (Lipinski definition) is 0. The van der Waals surface area contributed by atoms with Crippen molar-refractivity contribution < 1.29 is 14.3 Å². The second-order valence-corrected chi connectivity index (χ2v) is 10.1. The van der Waals surface area contributed by atoms with Gasteiger partial charge >= 0.3 is 5.97 Å². The Kier molecular flexibility index (Phi) is 8.65. The van der Waals surface area contributed by atoms with E-state index in [2.05, 4.69) is 36.4 Å². The predicted molar refractivity (Wildman–Crippen MR) is 137 cm³/mol. The Bertz CT molecular complexity index is 1170. The second kappa shape index (κ2) is 11.7. The number of azo groups is 2. The van der Waals surface area contributed by atoms with Gasteiger partial charge in [-0.2, -0.15) is 20.5 Å². The van der Waals surface area contributed by atoms with E-state index in [-0.39, 0.29) is 19.2 Å². The van der Waals surface area contributed by atoms with Crippen LogP contribution in [0.25, 0.3) is 0 Å². The van der Waals surface area contributed by atoms with Crippen molar-refractivity contribution in [2.75, 3.05) is 13.2 Å². The zero-order valence-corrected chi connectivity index (χ0v) is 21.2. The van der Waals surface area contributed by atoms with Gasteiger partial charge in [-0.05, 0) is 87.9 Å². The molecule has 0 bridgehead atoms. The summed E-state index contributed by atoms with van der Waals surface area (Å²) in [5.74, 6) is 0.331. The second-order valence-electron chi connectivity index (χ2n) is 8.16. The zero-order chi connectivity index (χ0) is 24.6. The van der Waals surface area contributed by atoms with E-state index in [1.54, 1.807) is 26.0 Å². The minimum atomic E-state index is -0.705. The number of carbonyl (C=O) groups excluding carboxylic acids is 1. The Balaban J connectivity index is 1.52. The Labute approximate surface area is 208 Å². The third-order valence-corrected chi connectivity index (χ3v) is 5.00. The molecule has 0 spiro atoms. The van der Waals surface area contributed by atoms with Crippen molar-refractivity contribution >= 4 is 44.6 Å². The minimum Gasteiger partial charge on any atom is -0.490 e. The number of halogens is 1. The maximum Gasteiger partial charge on any atom is 0.322 e. The number of aryl methyl sites for hydroxylation is 2. The highest BCUT2D eigenvalue weighted by Crippen LogP contribution is 2.28. The lowest BCUT2D eigenvalue weighted by molar-refractivity contribution is -0.146. The summed E-state index contributed by atoms with van der Waals surface area (Å²) >= 11 is 3.26. The molecule has 3 aromatic carbocycles. The number of esters is 1. The van der Waals surface area contributed by atoms with E-state index in [1.165, 1.54) is 5.56 Å². The maximum atomic E-state index is 11.7. The van der Waals surface area contributed by atoms with Crippen LogP contribution in [0.5, 0.6) is 5.75 Å². The molecule has 3 rings (SSSR count). The number of hydrogen-bond acceptors (Lipinski definition) is 7. The van der Waals surface area contributed by atoms with Gasteiger partial charge in [0.25, 0.3) is 0 Å². The van der Waals surface area contributed by atoms with E-state index in [9.17, 15) is 4.79 Å². The van der Waals surface area contributed by atoms with Crippen molar-refractivity contribution in [2.45, 2.75) is 32.0 Å². The molecular weight excluding hydrogens is 496 g/mol. The lowest BCUT2D eigenvalue weighted by Gasteiger charge is -2.14. The Morgan fingerprint density at radius 3 is 1.97 bits per heavy atom. The van der Waals surface area contributed by atoms with E-state index in [4.69, 9.17) is 9.47 Å². The lowest BCUT2D eigenvalue weighted by atomic mass is 10.2. The molecule has 0 radical (unpaired) electrons.